The summed E-state index contributed by atoms with van der Waals surface area (Å²) < 4.78 is 12.8. The van der Waals surface area contributed by atoms with Crippen molar-refractivity contribution in [2.75, 3.05) is 7.11 Å². The van der Waals surface area contributed by atoms with Crippen molar-refractivity contribution >= 4 is 15.9 Å². The van der Waals surface area contributed by atoms with Gasteiger partial charge in [0.1, 0.15) is 6.61 Å². The second-order valence-corrected chi connectivity index (χ2v) is 12.5. The molecule has 2 aromatic carbocycles. The van der Waals surface area contributed by atoms with E-state index >= 15 is 0 Å². The van der Waals surface area contributed by atoms with Crippen LogP contribution in [0.2, 0.25) is 0 Å². The summed E-state index contributed by atoms with van der Waals surface area (Å²) in [6.45, 7) is 8.56. The maximum atomic E-state index is 6.15. The number of hydrogen-bond acceptors (Lipinski definition) is 3. The highest BCUT2D eigenvalue weighted by molar-refractivity contribution is 9.10. The average Bonchev–Trinajstić information content (AvgIpc) is 2.70. The number of rotatable bonds is 7. The van der Waals surface area contributed by atoms with E-state index in [1.165, 1.54) is 49.7 Å². The van der Waals surface area contributed by atoms with Gasteiger partial charge in [-0.3, -0.25) is 0 Å². The van der Waals surface area contributed by atoms with Gasteiger partial charge in [-0.15, -0.1) is 0 Å². The Hall–Kier alpha value is -1.52. The van der Waals surface area contributed by atoms with E-state index in [0.717, 1.165) is 34.0 Å². The molecule has 6 rings (SSSR count). The van der Waals surface area contributed by atoms with Crippen LogP contribution < -0.4 is 14.8 Å². The van der Waals surface area contributed by atoms with E-state index in [1.807, 2.05) is 0 Å². The lowest BCUT2D eigenvalue weighted by Gasteiger charge is -2.65. The molecule has 4 fully saturated rings. The molecule has 0 saturated heterocycles. The molecule has 4 aliphatic rings. The van der Waals surface area contributed by atoms with Crippen molar-refractivity contribution < 1.29 is 9.47 Å². The van der Waals surface area contributed by atoms with Crippen LogP contribution in [0.15, 0.2) is 40.9 Å². The number of hydrogen-bond donors (Lipinski definition) is 1. The van der Waals surface area contributed by atoms with E-state index in [2.05, 4.69) is 78.4 Å². The van der Waals surface area contributed by atoms with Crippen LogP contribution in [0.3, 0.4) is 0 Å². The summed E-state index contributed by atoms with van der Waals surface area (Å²) in [5.41, 5.74) is 4.98. The van der Waals surface area contributed by atoms with Crippen molar-refractivity contribution in [2.45, 2.75) is 78.0 Å². The maximum Gasteiger partial charge on any atom is 0.175 e. The first-order valence-electron chi connectivity index (χ1n) is 12.0. The Balaban J connectivity index is 1.30. The minimum Gasteiger partial charge on any atom is -0.493 e. The summed E-state index contributed by atoms with van der Waals surface area (Å²) in [5.74, 6) is 2.45. The van der Waals surface area contributed by atoms with E-state index < -0.39 is 0 Å². The number of aryl methyl sites for hydroxylation is 1. The van der Waals surface area contributed by atoms with Gasteiger partial charge in [0, 0.05) is 12.1 Å². The summed E-state index contributed by atoms with van der Waals surface area (Å²) >= 11 is 3.74. The summed E-state index contributed by atoms with van der Waals surface area (Å²) in [6, 6.07) is 12.8. The van der Waals surface area contributed by atoms with Crippen LogP contribution in [-0.4, -0.2) is 12.6 Å². The third-order valence-corrected chi connectivity index (χ3v) is 8.68. The second-order valence-electron chi connectivity index (χ2n) is 11.6. The summed E-state index contributed by atoms with van der Waals surface area (Å²) in [5, 5.41) is 4.04. The van der Waals surface area contributed by atoms with Crippen molar-refractivity contribution in [2.24, 2.45) is 16.7 Å². The highest BCUT2D eigenvalue weighted by Crippen LogP contribution is 2.66. The van der Waals surface area contributed by atoms with Crippen molar-refractivity contribution in [1.82, 2.24) is 5.32 Å². The lowest BCUT2D eigenvalue weighted by molar-refractivity contribution is -0.118. The first-order chi connectivity index (χ1) is 15.2. The van der Waals surface area contributed by atoms with Crippen molar-refractivity contribution in [3.05, 3.63) is 57.6 Å². The van der Waals surface area contributed by atoms with Gasteiger partial charge >= 0.3 is 0 Å². The first kappa shape index (κ1) is 22.3. The van der Waals surface area contributed by atoms with Crippen molar-refractivity contribution in [3.63, 3.8) is 0 Å². The highest BCUT2D eigenvalue weighted by atomic mass is 79.9. The lowest BCUT2D eigenvalue weighted by atomic mass is 9.43. The molecule has 1 N–H and O–H groups in total. The predicted octanol–water partition coefficient (Wildman–Crippen LogP) is 7.18. The molecule has 2 unspecified atom stereocenters. The van der Waals surface area contributed by atoms with Crippen LogP contribution in [0.4, 0.5) is 0 Å². The van der Waals surface area contributed by atoms with Crippen LogP contribution in [0.5, 0.6) is 11.5 Å². The van der Waals surface area contributed by atoms with Gasteiger partial charge in [0.2, 0.25) is 0 Å². The molecule has 32 heavy (non-hydrogen) atoms. The van der Waals surface area contributed by atoms with Gasteiger partial charge in [-0.25, -0.2) is 0 Å². The molecule has 0 aromatic heterocycles. The molecule has 4 saturated carbocycles. The van der Waals surface area contributed by atoms with Crippen LogP contribution in [-0.2, 0) is 13.2 Å². The number of ether oxygens (including phenoxy) is 2. The van der Waals surface area contributed by atoms with E-state index in [-0.39, 0.29) is 0 Å². The molecule has 4 heteroatoms. The molecule has 0 heterocycles. The monoisotopic (exact) mass is 497 g/mol. The van der Waals surface area contributed by atoms with E-state index in [4.69, 9.17) is 9.47 Å². The molecule has 0 amide bonds. The Morgan fingerprint density at radius 2 is 1.66 bits per heavy atom. The molecule has 172 valence electrons. The summed E-state index contributed by atoms with van der Waals surface area (Å²) in [4.78, 5) is 0. The summed E-state index contributed by atoms with van der Waals surface area (Å²) in [6.07, 6.45) is 8.25. The zero-order valence-electron chi connectivity index (χ0n) is 19.9. The van der Waals surface area contributed by atoms with E-state index in [9.17, 15) is 0 Å². The molecule has 4 aliphatic carbocycles. The Morgan fingerprint density at radius 1 is 0.969 bits per heavy atom. The lowest BCUT2D eigenvalue weighted by Crippen LogP contribution is -2.63. The Kier molecular flexibility index (Phi) is 5.61. The standard InChI is InChI=1S/C28H36BrNO2/c1-19-5-7-20(8-6-19)15-32-25-23(29)9-21(10-24(25)31-4)14-30-28-13-22-11-26(2,17-28)16-27(3,12-22)18-28/h5-10,22,30H,11-18H2,1-4H3. The minimum atomic E-state index is 0.295. The fourth-order valence-corrected chi connectivity index (χ4v) is 8.39. The maximum absolute atomic E-state index is 6.15. The second kappa shape index (κ2) is 8.06. The third kappa shape index (κ3) is 4.33. The first-order valence-corrected chi connectivity index (χ1v) is 12.8. The van der Waals surface area contributed by atoms with Crippen LogP contribution in [0.25, 0.3) is 0 Å². The van der Waals surface area contributed by atoms with Crippen molar-refractivity contribution in [1.29, 1.82) is 0 Å². The zero-order valence-corrected chi connectivity index (χ0v) is 21.5. The van der Waals surface area contributed by atoms with Gasteiger partial charge in [-0.05, 0) is 101 Å². The number of halogens is 1. The normalized spacial score (nSPS) is 32.8. The van der Waals surface area contributed by atoms with Gasteiger partial charge in [-0.2, -0.15) is 0 Å². The van der Waals surface area contributed by atoms with Crippen LogP contribution in [0, 0.1) is 23.7 Å². The molecule has 0 aliphatic heterocycles. The molecule has 4 bridgehead atoms. The van der Waals surface area contributed by atoms with E-state index in [1.54, 1.807) is 7.11 Å². The molecule has 0 radical (unpaired) electrons. The number of nitrogens with one attached hydrogen (secondary N) is 1. The van der Waals surface area contributed by atoms with Gasteiger partial charge in [0.05, 0.1) is 11.6 Å². The third-order valence-electron chi connectivity index (χ3n) is 8.09. The summed E-state index contributed by atoms with van der Waals surface area (Å²) in [7, 11) is 1.72. The van der Waals surface area contributed by atoms with E-state index in [0.29, 0.717) is 23.0 Å². The molecule has 0 spiro atoms. The Labute approximate surface area is 201 Å². The quantitative estimate of drug-likeness (QED) is 0.439. The average molecular weight is 499 g/mol. The highest BCUT2D eigenvalue weighted by Gasteiger charge is 2.59. The topological polar surface area (TPSA) is 30.5 Å². The van der Waals surface area contributed by atoms with Gasteiger partial charge in [0.25, 0.3) is 0 Å². The smallest absolute Gasteiger partial charge is 0.175 e. The number of benzene rings is 2. The Bertz CT molecular complexity index is 983. The van der Waals surface area contributed by atoms with Gasteiger partial charge in [-0.1, -0.05) is 43.7 Å². The molecular weight excluding hydrogens is 462 g/mol. The number of methoxy groups -OCH3 is 1. The zero-order chi connectivity index (χ0) is 22.6. The fourth-order valence-electron chi connectivity index (χ4n) is 7.79. The molecule has 2 aromatic rings. The fraction of sp³-hybridized carbons (Fsp3) is 0.571. The largest absolute Gasteiger partial charge is 0.493 e. The van der Waals surface area contributed by atoms with Gasteiger partial charge in [0.15, 0.2) is 11.5 Å². The van der Waals surface area contributed by atoms with Crippen molar-refractivity contribution in [3.8, 4) is 11.5 Å². The van der Waals surface area contributed by atoms with Gasteiger partial charge < -0.3 is 14.8 Å². The minimum absolute atomic E-state index is 0.295. The SMILES string of the molecule is COc1cc(CNC23CC4CC(C)(CC(C)(C4)C2)C3)cc(Br)c1OCc1ccc(C)cc1. The predicted molar refractivity (Wildman–Crippen MR) is 133 cm³/mol. The van der Waals surface area contributed by atoms with Crippen LogP contribution in [0.1, 0.15) is 69.1 Å². The molecule has 3 nitrogen and oxygen atoms in total. The molecule has 2 atom stereocenters. The Morgan fingerprint density at radius 3 is 2.28 bits per heavy atom. The van der Waals surface area contributed by atoms with Crippen LogP contribution >= 0.6 is 15.9 Å². The molecular formula is C28H36BrNO2.